The summed E-state index contributed by atoms with van der Waals surface area (Å²) in [6.45, 7) is 2.72. The van der Waals surface area contributed by atoms with E-state index in [2.05, 4.69) is 0 Å². The van der Waals surface area contributed by atoms with Crippen LogP contribution in [0.5, 0.6) is 0 Å². The summed E-state index contributed by atoms with van der Waals surface area (Å²) in [4.78, 5) is 27.6. The van der Waals surface area contributed by atoms with Crippen molar-refractivity contribution in [1.82, 2.24) is 9.80 Å². The zero-order chi connectivity index (χ0) is 16.4. The average Bonchev–Trinajstić information content (AvgIpc) is 2.77. The Morgan fingerprint density at radius 3 is 2.61 bits per heavy atom. The number of carbonyl (C=O) groups excluding carboxylic acids is 1. The van der Waals surface area contributed by atoms with Crippen molar-refractivity contribution in [1.29, 1.82) is 0 Å². The van der Waals surface area contributed by atoms with E-state index >= 15 is 0 Å². The zero-order valence-electron chi connectivity index (χ0n) is 12.7. The zero-order valence-corrected chi connectivity index (χ0v) is 13.4. The molecule has 7 heteroatoms. The van der Waals surface area contributed by atoms with Crippen molar-refractivity contribution in [2.24, 2.45) is 5.92 Å². The lowest BCUT2D eigenvalue weighted by Gasteiger charge is -2.30. The van der Waals surface area contributed by atoms with Gasteiger partial charge >= 0.3 is 5.97 Å². The summed E-state index contributed by atoms with van der Waals surface area (Å²) >= 11 is 5.88. The molecular weight excluding hydrogens is 320 g/mol. The van der Waals surface area contributed by atoms with Crippen LogP contribution in [0.3, 0.4) is 0 Å². The third-order valence-electron chi connectivity index (χ3n) is 4.26. The maximum Gasteiger partial charge on any atom is 0.317 e. The number of carboxylic acid groups (broad SMARTS) is 1. The van der Waals surface area contributed by atoms with Gasteiger partial charge in [0, 0.05) is 36.1 Å². The minimum Gasteiger partial charge on any atom is -0.480 e. The van der Waals surface area contributed by atoms with Crippen LogP contribution in [-0.4, -0.2) is 72.2 Å². The van der Waals surface area contributed by atoms with Gasteiger partial charge < -0.3 is 14.7 Å². The van der Waals surface area contributed by atoms with E-state index in [-0.39, 0.29) is 24.4 Å². The predicted octanol–water partition coefficient (Wildman–Crippen LogP) is 1.20. The van der Waals surface area contributed by atoms with Crippen molar-refractivity contribution < 1.29 is 19.4 Å². The second kappa shape index (κ2) is 6.86. The van der Waals surface area contributed by atoms with Gasteiger partial charge in [0.25, 0.3) is 5.91 Å². The molecule has 2 heterocycles. The molecule has 124 valence electrons. The first-order chi connectivity index (χ1) is 11.0. The fourth-order valence-electron chi connectivity index (χ4n) is 3.27. The highest BCUT2D eigenvalue weighted by Crippen LogP contribution is 2.22. The van der Waals surface area contributed by atoms with E-state index in [4.69, 9.17) is 21.4 Å². The van der Waals surface area contributed by atoms with E-state index in [9.17, 15) is 9.59 Å². The number of carboxylic acids is 1. The topological polar surface area (TPSA) is 70.1 Å². The first-order valence-electron chi connectivity index (χ1n) is 7.61. The standard InChI is InChI=1S/C16H19ClN2O4/c17-13-3-1-12(2-4-13)16(22)19-6-11-5-18(8-15(20)21)7-14(19)10-23-9-11/h1-4,11,14H,5-10H2,(H,20,21)/t11-,14-/m0/s1. The number of carbonyl (C=O) groups is 2. The Kier molecular flexibility index (Phi) is 4.84. The Bertz CT molecular complexity index is 592. The minimum absolute atomic E-state index is 0.00399. The van der Waals surface area contributed by atoms with Gasteiger partial charge in [0.2, 0.25) is 0 Å². The van der Waals surface area contributed by atoms with Gasteiger partial charge in [-0.3, -0.25) is 14.5 Å². The molecule has 0 aromatic heterocycles. The molecular formula is C16H19ClN2O4. The SMILES string of the molecule is O=C(O)CN1C[C@@H]2COC[C@H](C1)N(C(=O)c1ccc(Cl)cc1)C2. The molecule has 0 aliphatic carbocycles. The van der Waals surface area contributed by atoms with Gasteiger partial charge in [-0.05, 0) is 24.3 Å². The van der Waals surface area contributed by atoms with Crippen LogP contribution in [0.15, 0.2) is 24.3 Å². The van der Waals surface area contributed by atoms with Crippen molar-refractivity contribution in [3.63, 3.8) is 0 Å². The number of amides is 1. The first-order valence-corrected chi connectivity index (χ1v) is 7.99. The predicted molar refractivity (Wildman–Crippen MR) is 84.7 cm³/mol. The summed E-state index contributed by atoms with van der Waals surface area (Å²) in [6, 6.07) is 6.70. The molecule has 1 aromatic carbocycles. The number of rotatable bonds is 3. The average molecular weight is 339 g/mol. The third-order valence-corrected chi connectivity index (χ3v) is 4.51. The molecule has 2 aliphatic heterocycles. The summed E-state index contributed by atoms with van der Waals surface area (Å²) in [5, 5.41) is 9.62. The van der Waals surface area contributed by atoms with Crippen LogP contribution in [-0.2, 0) is 9.53 Å². The van der Waals surface area contributed by atoms with E-state index in [1.165, 1.54) is 0 Å². The van der Waals surface area contributed by atoms with E-state index in [0.29, 0.717) is 43.4 Å². The monoisotopic (exact) mass is 338 g/mol. The molecule has 1 amide bonds. The lowest BCUT2D eigenvalue weighted by atomic mass is 10.1. The van der Waals surface area contributed by atoms with Crippen LogP contribution in [0.2, 0.25) is 5.02 Å². The van der Waals surface area contributed by atoms with Crippen molar-refractivity contribution in [3.05, 3.63) is 34.9 Å². The molecule has 1 N–H and O–H groups in total. The van der Waals surface area contributed by atoms with Crippen molar-refractivity contribution >= 4 is 23.5 Å². The van der Waals surface area contributed by atoms with E-state index in [1.807, 2.05) is 9.80 Å². The number of ether oxygens (including phenoxy) is 1. The van der Waals surface area contributed by atoms with Crippen LogP contribution in [0, 0.1) is 5.92 Å². The summed E-state index contributed by atoms with van der Waals surface area (Å²) in [5.74, 6) is -0.779. The molecule has 2 aliphatic rings. The van der Waals surface area contributed by atoms with Crippen molar-refractivity contribution in [2.75, 3.05) is 39.4 Å². The highest BCUT2D eigenvalue weighted by atomic mass is 35.5. The lowest BCUT2D eigenvalue weighted by Crippen LogP contribution is -2.47. The van der Waals surface area contributed by atoms with Gasteiger partial charge in [0.05, 0.1) is 25.8 Å². The fraction of sp³-hybridized carbons (Fsp3) is 0.500. The molecule has 1 aromatic rings. The Hall–Kier alpha value is -1.63. The molecule has 2 saturated heterocycles. The molecule has 0 saturated carbocycles. The number of benzene rings is 1. The number of aliphatic carboxylic acids is 1. The van der Waals surface area contributed by atoms with Crippen LogP contribution in [0.4, 0.5) is 0 Å². The Labute approximate surface area is 139 Å². The van der Waals surface area contributed by atoms with E-state index in [1.54, 1.807) is 24.3 Å². The van der Waals surface area contributed by atoms with Crippen molar-refractivity contribution in [3.8, 4) is 0 Å². The quantitative estimate of drug-likeness (QED) is 0.896. The number of hydrogen-bond donors (Lipinski definition) is 1. The van der Waals surface area contributed by atoms with Gasteiger partial charge in [-0.25, -0.2) is 0 Å². The molecule has 0 unspecified atom stereocenters. The second-order valence-corrected chi connectivity index (χ2v) is 6.55. The normalized spacial score (nSPS) is 25.0. The number of nitrogens with zero attached hydrogens (tertiary/aromatic N) is 2. The van der Waals surface area contributed by atoms with Gasteiger partial charge in [0.15, 0.2) is 0 Å². The molecule has 3 rings (SSSR count). The number of fused-ring (bicyclic) bond motifs is 3. The Morgan fingerprint density at radius 2 is 1.91 bits per heavy atom. The fourth-order valence-corrected chi connectivity index (χ4v) is 3.39. The number of hydrogen-bond acceptors (Lipinski definition) is 4. The largest absolute Gasteiger partial charge is 0.480 e. The minimum atomic E-state index is -0.846. The van der Waals surface area contributed by atoms with Crippen LogP contribution >= 0.6 is 11.6 Å². The van der Waals surface area contributed by atoms with Crippen molar-refractivity contribution in [2.45, 2.75) is 6.04 Å². The van der Waals surface area contributed by atoms with Crippen LogP contribution in [0.25, 0.3) is 0 Å². The maximum atomic E-state index is 12.8. The maximum absolute atomic E-state index is 12.8. The highest BCUT2D eigenvalue weighted by molar-refractivity contribution is 6.30. The smallest absolute Gasteiger partial charge is 0.317 e. The third kappa shape index (κ3) is 3.83. The van der Waals surface area contributed by atoms with E-state index in [0.717, 1.165) is 0 Å². The van der Waals surface area contributed by atoms with Gasteiger partial charge in [-0.2, -0.15) is 0 Å². The highest BCUT2D eigenvalue weighted by Gasteiger charge is 2.36. The summed E-state index contributed by atoms with van der Waals surface area (Å²) in [7, 11) is 0. The van der Waals surface area contributed by atoms with E-state index < -0.39 is 5.97 Å². The Balaban J connectivity index is 1.80. The summed E-state index contributed by atoms with van der Waals surface area (Å²) in [6.07, 6.45) is 0. The lowest BCUT2D eigenvalue weighted by molar-refractivity contribution is -0.138. The molecule has 2 bridgehead atoms. The summed E-state index contributed by atoms with van der Waals surface area (Å²) in [5.41, 5.74) is 0.590. The van der Waals surface area contributed by atoms with Gasteiger partial charge in [-0.15, -0.1) is 0 Å². The summed E-state index contributed by atoms with van der Waals surface area (Å²) < 4.78 is 5.66. The molecule has 2 atom stereocenters. The molecule has 6 nitrogen and oxygen atoms in total. The van der Waals surface area contributed by atoms with Crippen LogP contribution in [0.1, 0.15) is 10.4 Å². The molecule has 0 spiro atoms. The molecule has 23 heavy (non-hydrogen) atoms. The first kappa shape index (κ1) is 16.2. The Morgan fingerprint density at radius 1 is 1.17 bits per heavy atom. The van der Waals surface area contributed by atoms with Gasteiger partial charge in [0.1, 0.15) is 0 Å². The van der Waals surface area contributed by atoms with Crippen LogP contribution < -0.4 is 0 Å². The second-order valence-electron chi connectivity index (χ2n) is 6.11. The molecule has 2 fully saturated rings. The number of halogens is 1. The molecule has 0 radical (unpaired) electrons. The van der Waals surface area contributed by atoms with Gasteiger partial charge in [-0.1, -0.05) is 11.6 Å².